The van der Waals surface area contributed by atoms with Gasteiger partial charge in [0.25, 0.3) is 0 Å². The summed E-state index contributed by atoms with van der Waals surface area (Å²) in [6.07, 6.45) is 0.819. The highest BCUT2D eigenvalue weighted by atomic mass is 31.1. The summed E-state index contributed by atoms with van der Waals surface area (Å²) < 4.78 is 15.3. The second-order valence-electron chi connectivity index (χ2n) is 2.60. The van der Waals surface area contributed by atoms with E-state index in [2.05, 4.69) is 10.1 Å². The van der Waals surface area contributed by atoms with Crippen LogP contribution in [0.25, 0.3) is 0 Å². The van der Waals surface area contributed by atoms with E-state index in [0.29, 0.717) is 0 Å². The molecule has 0 heterocycles. The number of allylic oxidation sites excluding steroid dienone is 1. The lowest BCUT2D eigenvalue weighted by Gasteiger charge is -2.03. The van der Waals surface area contributed by atoms with Gasteiger partial charge in [0.05, 0.1) is 7.11 Å². The van der Waals surface area contributed by atoms with Crippen LogP contribution < -0.4 is 5.32 Å². The van der Waals surface area contributed by atoms with Gasteiger partial charge in [0.2, 0.25) is 12.3 Å². The third-order valence-electron chi connectivity index (χ3n) is 1.37. The molecule has 0 aromatic rings. The van der Waals surface area contributed by atoms with Crippen LogP contribution in [0.2, 0.25) is 0 Å². The number of ether oxygens (including phenoxy) is 1. The van der Waals surface area contributed by atoms with E-state index in [1.165, 1.54) is 20.1 Å². The number of aliphatic hydroxyl groups is 1. The van der Waals surface area contributed by atoms with Crippen LogP contribution in [0.5, 0.6) is 0 Å². The van der Waals surface area contributed by atoms with Crippen LogP contribution in [-0.4, -0.2) is 36.6 Å². The normalized spacial score (nSPS) is 11.9. The first-order valence-electron chi connectivity index (χ1n) is 4.10. The highest BCUT2D eigenvalue weighted by Crippen LogP contribution is 2.18. The molecule has 6 nitrogen and oxygen atoms in total. The van der Waals surface area contributed by atoms with Crippen LogP contribution in [-0.2, 0) is 18.9 Å². The van der Waals surface area contributed by atoms with Gasteiger partial charge >= 0.3 is 13.8 Å². The lowest BCUT2D eigenvalue weighted by molar-refractivity contribution is -0.137. The largest absolute Gasteiger partial charge is 0.464 e. The smallest absolute Gasteiger partial charge is 0.370 e. The Hall–Kier alpha value is -1.26. The molecule has 0 bridgehead atoms. The number of hydrogen-bond donors (Lipinski definition) is 2. The Morgan fingerprint density at radius 2 is 2.13 bits per heavy atom. The average molecular weight is 234 g/mol. The molecule has 84 valence electrons. The topological polar surface area (TPSA) is 92.7 Å². The predicted octanol–water partition coefficient (Wildman–Crippen LogP) is -0.0434. The molecule has 0 saturated carbocycles. The first-order chi connectivity index (χ1) is 7.01. The van der Waals surface area contributed by atoms with Gasteiger partial charge in [-0.15, -0.1) is 0 Å². The number of methoxy groups -OCH3 is 1. The van der Waals surface area contributed by atoms with Gasteiger partial charge in [-0.25, -0.2) is 4.79 Å². The van der Waals surface area contributed by atoms with Gasteiger partial charge in [-0.2, -0.15) is 0 Å². The zero-order valence-corrected chi connectivity index (χ0v) is 9.41. The molecular weight excluding hydrogens is 221 g/mol. The Morgan fingerprint density at radius 1 is 1.53 bits per heavy atom. The zero-order valence-electron chi connectivity index (χ0n) is 8.52. The fourth-order valence-corrected chi connectivity index (χ4v) is 1.24. The number of aliphatic hydroxyl groups excluding tert-OH is 1. The fraction of sp³-hybridized carbons (Fsp3) is 0.500. The van der Waals surface area contributed by atoms with Crippen molar-refractivity contribution in [2.24, 2.45) is 0 Å². The SMILES string of the molecule is COC(=O)/C(=C\C[P+](=O)CO)NC(C)=O. The van der Waals surface area contributed by atoms with Crippen molar-refractivity contribution in [3.05, 3.63) is 11.8 Å². The maximum absolute atomic E-state index is 11.1. The standard InChI is InChI=1S/C8H12NO5P/c1-6(11)9-7(8(12)14-2)3-4-15(13)5-10/h3,10H,4-5H2,1-2H3/p+1/b7-3+. The van der Waals surface area contributed by atoms with Crippen LogP contribution in [0.15, 0.2) is 11.8 Å². The highest BCUT2D eigenvalue weighted by molar-refractivity contribution is 7.44. The summed E-state index contributed by atoms with van der Waals surface area (Å²) in [5.41, 5.74) is -0.0678. The van der Waals surface area contributed by atoms with Crippen molar-refractivity contribution in [1.82, 2.24) is 5.32 Å². The minimum Gasteiger partial charge on any atom is -0.464 e. The van der Waals surface area contributed by atoms with Crippen molar-refractivity contribution in [1.29, 1.82) is 0 Å². The molecule has 7 heteroatoms. The third-order valence-corrected chi connectivity index (χ3v) is 2.28. The Labute approximate surface area is 88.1 Å². The molecular formula is C8H13NO5P+. The molecule has 0 spiro atoms. The van der Waals surface area contributed by atoms with E-state index in [-0.39, 0.29) is 11.9 Å². The van der Waals surface area contributed by atoms with Crippen molar-refractivity contribution in [3.63, 3.8) is 0 Å². The van der Waals surface area contributed by atoms with Crippen LogP contribution in [0, 0.1) is 0 Å². The molecule has 0 saturated heterocycles. The number of rotatable bonds is 5. The highest BCUT2D eigenvalue weighted by Gasteiger charge is 2.15. The Bertz CT molecular complexity index is 299. The van der Waals surface area contributed by atoms with E-state index < -0.39 is 26.0 Å². The van der Waals surface area contributed by atoms with E-state index in [4.69, 9.17) is 5.11 Å². The molecule has 0 aliphatic carbocycles. The fourth-order valence-electron chi connectivity index (χ4n) is 0.736. The lowest BCUT2D eigenvalue weighted by atomic mass is 10.4. The molecule has 0 radical (unpaired) electrons. The summed E-state index contributed by atoms with van der Waals surface area (Å²) in [5, 5.41) is 10.8. The number of amides is 1. The molecule has 0 aliphatic rings. The Balaban J connectivity index is 4.54. The molecule has 0 aliphatic heterocycles. The first kappa shape index (κ1) is 13.7. The van der Waals surface area contributed by atoms with Gasteiger partial charge in [-0.3, -0.25) is 4.79 Å². The summed E-state index contributed by atoms with van der Waals surface area (Å²) in [5.74, 6) is -1.14. The molecule has 15 heavy (non-hydrogen) atoms. The number of carbonyl (C=O) groups excluding carboxylic acids is 2. The molecule has 0 aromatic carbocycles. The summed E-state index contributed by atoms with van der Waals surface area (Å²) >= 11 is 0. The van der Waals surface area contributed by atoms with Gasteiger partial charge in [-0.1, -0.05) is 4.57 Å². The van der Waals surface area contributed by atoms with E-state index in [1.54, 1.807) is 0 Å². The molecule has 1 amide bonds. The minimum absolute atomic E-state index is 0.0105. The molecule has 1 atom stereocenters. The van der Waals surface area contributed by atoms with Crippen molar-refractivity contribution >= 4 is 19.7 Å². The van der Waals surface area contributed by atoms with Crippen LogP contribution >= 0.6 is 7.80 Å². The molecule has 0 rings (SSSR count). The lowest BCUT2D eigenvalue weighted by Crippen LogP contribution is -2.26. The molecule has 2 N–H and O–H groups in total. The maximum atomic E-state index is 11.1. The molecule has 1 unspecified atom stereocenters. The number of nitrogens with one attached hydrogen (secondary N) is 1. The van der Waals surface area contributed by atoms with E-state index >= 15 is 0 Å². The van der Waals surface area contributed by atoms with Gasteiger partial charge in [0.1, 0.15) is 5.70 Å². The van der Waals surface area contributed by atoms with Gasteiger partial charge < -0.3 is 15.2 Å². The molecule has 0 fully saturated rings. The quantitative estimate of drug-likeness (QED) is 0.395. The van der Waals surface area contributed by atoms with E-state index in [0.717, 1.165) is 0 Å². The Morgan fingerprint density at radius 3 is 2.53 bits per heavy atom. The van der Waals surface area contributed by atoms with Crippen molar-refractivity contribution in [3.8, 4) is 0 Å². The third kappa shape index (κ3) is 5.93. The Kier molecular flexibility index (Phi) is 6.49. The van der Waals surface area contributed by atoms with E-state index in [9.17, 15) is 14.2 Å². The number of hydrogen-bond acceptors (Lipinski definition) is 5. The first-order valence-corrected chi connectivity index (χ1v) is 5.73. The number of esters is 1. The monoisotopic (exact) mass is 234 g/mol. The zero-order chi connectivity index (χ0) is 11.8. The van der Waals surface area contributed by atoms with Crippen molar-refractivity contribution in [2.45, 2.75) is 6.92 Å². The van der Waals surface area contributed by atoms with Gasteiger partial charge in [0.15, 0.2) is 6.16 Å². The number of carbonyl (C=O) groups is 2. The predicted molar refractivity (Wildman–Crippen MR) is 53.5 cm³/mol. The van der Waals surface area contributed by atoms with E-state index in [1.807, 2.05) is 0 Å². The summed E-state index contributed by atoms with van der Waals surface area (Å²) in [4.78, 5) is 21.8. The maximum Gasteiger partial charge on any atom is 0.370 e. The summed E-state index contributed by atoms with van der Waals surface area (Å²) in [6.45, 7) is 1.24. The second-order valence-corrected chi connectivity index (χ2v) is 4.21. The summed E-state index contributed by atoms with van der Waals surface area (Å²) in [7, 11) is -0.625. The van der Waals surface area contributed by atoms with Gasteiger partial charge in [0, 0.05) is 6.92 Å². The average Bonchev–Trinajstić information content (AvgIpc) is 2.21. The van der Waals surface area contributed by atoms with Crippen LogP contribution in [0.1, 0.15) is 6.92 Å². The van der Waals surface area contributed by atoms with Gasteiger partial charge in [-0.05, 0) is 6.08 Å². The minimum atomic E-state index is -1.80. The second kappa shape index (κ2) is 7.09. The molecule has 0 aromatic heterocycles. The van der Waals surface area contributed by atoms with Crippen LogP contribution in [0.4, 0.5) is 0 Å². The van der Waals surface area contributed by atoms with Crippen molar-refractivity contribution in [2.75, 3.05) is 19.6 Å². The van der Waals surface area contributed by atoms with Crippen molar-refractivity contribution < 1.29 is 24.0 Å². The summed E-state index contributed by atoms with van der Waals surface area (Å²) in [6, 6.07) is 0. The van der Waals surface area contributed by atoms with Crippen LogP contribution in [0.3, 0.4) is 0 Å².